The Bertz CT molecular complexity index is 426. The van der Waals surface area contributed by atoms with Crippen LogP contribution in [0.4, 0.5) is 5.25 Å². The van der Waals surface area contributed by atoms with E-state index in [1.54, 1.807) is 29.2 Å². The number of hydrogen-bond donors (Lipinski definition) is 0. The molecule has 0 unspecified atom stereocenters. The largest absolute Gasteiger partial charge is 0.210 e. The average Bonchev–Trinajstić information content (AvgIpc) is 3.27. The molecule has 128 valence electrons. The topological polar surface area (TPSA) is 0 Å². The summed E-state index contributed by atoms with van der Waals surface area (Å²) < 4.78 is 19.6. The molecule has 0 nitrogen and oxygen atoms in total. The molecule has 23 heavy (non-hydrogen) atoms. The van der Waals surface area contributed by atoms with Crippen LogP contribution in [0.15, 0.2) is 36.4 Å². The molecule has 0 saturated heterocycles. The maximum Gasteiger partial charge on any atom is -0.0512 e. The van der Waals surface area contributed by atoms with Gasteiger partial charge in [-0.2, -0.15) is 53.4 Å². The van der Waals surface area contributed by atoms with Gasteiger partial charge in [0.1, 0.15) is 0 Å². The Morgan fingerprint density at radius 1 is 0.783 bits per heavy atom. The van der Waals surface area contributed by atoms with Gasteiger partial charge in [-0.25, -0.2) is 12.1 Å². The standard InChI is InChI=1S/2C9H11.C2H5.2FH.Zr/c2*1-2-5-9-7-3-6-8(9)4-1;1-2;;;/h2*3,6-7H,1-2,4-5H2;1H2,2H3;2*1H;/q3*-1;;;+2/p-2. The summed E-state index contributed by atoms with van der Waals surface area (Å²) in [5.74, 6) is 0. The van der Waals surface area contributed by atoms with Gasteiger partial charge in [-0.05, 0) is 0 Å². The summed E-state index contributed by atoms with van der Waals surface area (Å²) in [5, 5.41) is 0. The molecule has 2 aliphatic rings. The second kappa shape index (κ2) is 12.8. The van der Waals surface area contributed by atoms with Crippen LogP contribution in [0.2, 0.25) is 0 Å². The van der Waals surface area contributed by atoms with Crippen LogP contribution >= 0.6 is 0 Å². The second-order valence-electron chi connectivity index (χ2n) is 5.64. The van der Waals surface area contributed by atoms with Gasteiger partial charge in [-0.15, -0.1) is 0 Å². The Balaban J connectivity index is 0.000000181. The molecule has 0 aliphatic heterocycles. The van der Waals surface area contributed by atoms with E-state index in [9.17, 15) is 5.25 Å². The molecule has 0 amide bonds. The summed E-state index contributed by atoms with van der Waals surface area (Å²) in [6, 6.07) is 13.4. The molecule has 0 aromatic heterocycles. The third-order valence-electron chi connectivity index (χ3n) is 4.30. The first-order chi connectivity index (χ1) is 11.3. The van der Waals surface area contributed by atoms with Gasteiger partial charge in [0.25, 0.3) is 0 Å². The van der Waals surface area contributed by atoms with Crippen LogP contribution in [0, 0.1) is 6.92 Å². The van der Waals surface area contributed by atoms with E-state index in [0.717, 1.165) is 0 Å². The van der Waals surface area contributed by atoms with E-state index in [2.05, 4.69) is 43.3 Å². The zero-order valence-corrected chi connectivity index (χ0v) is 16.5. The van der Waals surface area contributed by atoms with Crippen molar-refractivity contribution in [1.29, 1.82) is 0 Å². The maximum atomic E-state index is 9.80. The number of halogens is 2. The molecule has 0 saturated carbocycles. The van der Waals surface area contributed by atoms with Crippen LogP contribution in [0.5, 0.6) is 0 Å². The molecule has 2 aromatic rings. The van der Waals surface area contributed by atoms with Crippen molar-refractivity contribution in [3.05, 3.63) is 65.6 Å². The van der Waals surface area contributed by atoms with Crippen LogP contribution < -0.4 is 0 Å². The molecule has 3 heteroatoms. The molecule has 0 radical (unpaired) electrons. The van der Waals surface area contributed by atoms with Gasteiger partial charge in [0.2, 0.25) is 0 Å². The summed E-state index contributed by atoms with van der Waals surface area (Å²) in [4.78, 5) is 0. The van der Waals surface area contributed by atoms with E-state index in [1.807, 2.05) is 0 Å². The van der Waals surface area contributed by atoms with E-state index < -0.39 is 24.5 Å². The Hall–Kier alpha value is -0.557. The van der Waals surface area contributed by atoms with Crippen LogP contribution in [-0.2, 0) is 50.1 Å². The van der Waals surface area contributed by atoms with E-state index in [-0.39, 0.29) is 0 Å². The van der Waals surface area contributed by atoms with Gasteiger partial charge in [-0.3, -0.25) is 0 Å². The summed E-state index contributed by atoms with van der Waals surface area (Å²) >= 11 is -2.77. The normalized spacial score (nSPS) is 14.4. The van der Waals surface area contributed by atoms with E-state index in [1.165, 1.54) is 51.4 Å². The number of fused-ring (bicyclic) bond motifs is 2. The van der Waals surface area contributed by atoms with E-state index in [4.69, 9.17) is 0 Å². The van der Waals surface area contributed by atoms with Crippen LogP contribution in [0.3, 0.4) is 0 Å². The van der Waals surface area contributed by atoms with Crippen molar-refractivity contribution < 1.29 is 29.7 Å². The minimum atomic E-state index is -2.77. The molecular weight excluding hydrogens is 369 g/mol. The van der Waals surface area contributed by atoms with Crippen molar-refractivity contribution in [3.8, 4) is 0 Å². The van der Waals surface area contributed by atoms with Crippen LogP contribution in [0.1, 0.15) is 54.9 Å². The number of hydrogen-bond acceptors (Lipinski definition) is 0. The summed E-state index contributed by atoms with van der Waals surface area (Å²) in [5.41, 5.74) is 6.39. The minimum Gasteiger partial charge on any atom is -0.210 e. The summed E-state index contributed by atoms with van der Waals surface area (Å²) in [6.45, 7) is 5.00. The smallest absolute Gasteiger partial charge is 0.0512 e. The van der Waals surface area contributed by atoms with Gasteiger partial charge in [0.05, 0.1) is 0 Å². The van der Waals surface area contributed by atoms with Crippen LogP contribution in [-0.4, -0.2) is 0 Å². The fourth-order valence-electron chi connectivity index (χ4n) is 3.23. The molecule has 0 atom stereocenters. The van der Waals surface area contributed by atoms with Gasteiger partial charge < -0.3 is 6.92 Å². The predicted octanol–water partition coefficient (Wildman–Crippen LogP) is 6.25. The Kier molecular flexibility index (Phi) is 11.4. The molecule has 2 aromatic carbocycles. The van der Waals surface area contributed by atoms with Gasteiger partial charge in [0.15, 0.2) is 0 Å². The molecule has 4 rings (SSSR count). The molecule has 2 aliphatic carbocycles. The Morgan fingerprint density at radius 3 is 1.48 bits per heavy atom. The quantitative estimate of drug-likeness (QED) is 0.462. The van der Waals surface area contributed by atoms with E-state index in [0.29, 0.717) is 0 Å². The fourth-order valence-corrected chi connectivity index (χ4v) is 3.23. The first-order valence-electron chi connectivity index (χ1n) is 8.49. The Morgan fingerprint density at radius 2 is 1.13 bits per heavy atom. The molecule has 0 bridgehead atoms. The van der Waals surface area contributed by atoms with Crippen molar-refractivity contribution in [2.75, 3.05) is 0 Å². The molecule has 0 fully saturated rings. The maximum absolute atomic E-state index is 9.80. The minimum absolute atomic E-state index is 1.32. The molecular formula is C20H27F2Zr-3. The van der Waals surface area contributed by atoms with Crippen molar-refractivity contribution in [1.82, 2.24) is 0 Å². The Labute approximate surface area is 153 Å². The molecule has 0 N–H and O–H groups in total. The first kappa shape index (κ1) is 20.5. The number of aryl methyl sites for hydroxylation is 4. The van der Waals surface area contributed by atoms with E-state index >= 15 is 0 Å². The third-order valence-corrected chi connectivity index (χ3v) is 4.30. The van der Waals surface area contributed by atoms with Gasteiger partial charge >= 0.3 is 29.7 Å². The predicted molar refractivity (Wildman–Crippen MR) is 90.6 cm³/mol. The SMILES string of the molecule is [CH2-]C.[F][Zr][F].c1cc2c([cH-]1)CCCC2.c1cc2c([cH-]1)CCCC2. The van der Waals surface area contributed by atoms with Crippen molar-refractivity contribution >= 4 is 0 Å². The van der Waals surface area contributed by atoms with Gasteiger partial charge in [0, 0.05) is 0 Å². The first-order valence-corrected chi connectivity index (χ1v) is 10.3. The van der Waals surface area contributed by atoms with Crippen molar-refractivity contribution in [3.63, 3.8) is 0 Å². The fraction of sp³-hybridized carbons (Fsp3) is 0.450. The zero-order valence-electron chi connectivity index (χ0n) is 14.1. The molecule has 0 heterocycles. The van der Waals surface area contributed by atoms with Crippen molar-refractivity contribution in [2.45, 2.75) is 58.3 Å². The van der Waals surface area contributed by atoms with Crippen molar-refractivity contribution in [2.24, 2.45) is 0 Å². The monoisotopic (exact) mass is 395 g/mol. The summed E-state index contributed by atoms with van der Waals surface area (Å²) in [6.07, 6.45) is 10.9. The molecule has 0 spiro atoms. The second-order valence-corrected chi connectivity index (χ2v) is 5.99. The third kappa shape index (κ3) is 7.25. The number of rotatable bonds is 0. The van der Waals surface area contributed by atoms with Gasteiger partial charge in [-0.1, -0.05) is 51.4 Å². The zero-order chi connectivity index (χ0) is 16.9. The summed E-state index contributed by atoms with van der Waals surface area (Å²) in [7, 11) is 0. The van der Waals surface area contributed by atoms with Crippen LogP contribution in [0.25, 0.3) is 0 Å². The average molecular weight is 397 g/mol.